The third-order valence-electron chi connectivity index (χ3n) is 3.84. The van der Waals surface area contributed by atoms with E-state index in [9.17, 15) is 4.79 Å². The number of amides is 1. The molecule has 1 aliphatic heterocycles. The molecule has 1 saturated heterocycles. The lowest BCUT2D eigenvalue weighted by molar-refractivity contribution is -0.132. The molecule has 2 aromatic rings. The molecule has 1 unspecified atom stereocenters. The van der Waals surface area contributed by atoms with E-state index in [2.05, 4.69) is 26.2 Å². The van der Waals surface area contributed by atoms with Gasteiger partial charge in [-0.05, 0) is 40.5 Å². The molecule has 0 aliphatic carbocycles. The molecule has 1 fully saturated rings. The smallest absolute Gasteiger partial charge is 0.222 e. The lowest BCUT2D eigenvalue weighted by Gasteiger charge is -2.31. The summed E-state index contributed by atoms with van der Waals surface area (Å²) in [5.41, 5.74) is 8.55. The molecule has 0 saturated carbocycles. The summed E-state index contributed by atoms with van der Waals surface area (Å²) >= 11 is 3.42. The molecule has 0 radical (unpaired) electrons. The fourth-order valence-electron chi connectivity index (χ4n) is 2.68. The molecule has 6 heteroatoms. The first kappa shape index (κ1) is 14.1. The first-order valence-corrected chi connectivity index (χ1v) is 7.68. The highest BCUT2D eigenvalue weighted by atomic mass is 79.9. The number of pyridine rings is 1. The molecule has 21 heavy (non-hydrogen) atoms. The van der Waals surface area contributed by atoms with Gasteiger partial charge in [0.2, 0.25) is 5.91 Å². The van der Waals surface area contributed by atoms with E-state index in [0.29, 0.717) is 18.7 Å². The van der Waals surface area contributed by atoms with Gasteiger partial charge in [0.25, 0.3) is 0 Å². The number of likely N-dealkylation sites (tertiary alicyclic amines) is 1. The Morgan fingerprint density at radius 3 is 3.05 bits per heavy atom. The average molecular weight is 349 g/mol. The maximum Gasteiger partial charge on any atom is 0.222 e. The molecule has 0 spiro atoms. The quantitative estimate of drug-likeness (QED) is 0.818. The zero-order valence-electron chi connectivity index (χ0n) is 11.8. The minimum absolute atomic E-state index is 0.206. The maximum atomic E-state index is 11.6. The maximum absolute atomic E-state index is 11.6. The van der Waals surface area contributed by atoms with Crippen LogP contribution in [0.4, 0.5) is 11.4 Å². The van der Waals surface area contributed by atoms with Crippen molar-refractivity contribution in [1.29, 1.82) is 0 Å². The number of nitrogens with two attached hydrogens (primary N) is 1. The molecule has 1 aliphatic rings. The summed E-state index contributed by atoms with van der Waals surface area (Å²) in [5.74, 6) is 0.206. The number of carbonyl (C=O) groups excluding carboxylic acids is 1. The largest absolute Gasteiger partial charge is 0.398 e. The number of likely N-dealkylation sites (N-methyl/N-ethyl adjacent to an activating group) is 1. The van der Waals surface area contributed by atoms with Crippen molar-refractivity contribution >= 4 is 44.1 Å². The van der Waals surface area contributed by atoms with Crippen LogP contribution in [0.3, 0.4) is 0 Å². The Bertz CT molecular complexity index is 703. The summed E-state index contributed by atoms with van der Waals surface area (Å²) in [5, 5.41) is 4.42. The molecule has 1 aromatic heterocycles. The van der Waals surface area contributed by atoms with Gasteiger partial charge in [0.05, 0.1) is 11.2 Å². The molecular formula is C15H17BrN4O. The molecule has 0 bridgehead atoms. The molecule has 1 aromatic carbocycles. The van der Waals surface area contributed by atoms with Crippen LogP contribution in [0.5, 0.6) is 0 Å². The van der Waals surface area contributed by atoms with E-state index >= 15 is 0 Å². The number of rotatable bonds is 2. The van der Waals surface area contributed by atoms with Gasteiger partial charge in [-0.15, -0.1) is 0 Å². The predicted octanol–water partition coefficient (Wildman–Crippen LogP) is 2.61. The highest BCUT2D eigenvalue weighted by Crippen LogP contribution is 2.30. The Kier molecular flexibility index (Phi) is 3.71. The van der Waals surface area contributed by atoms with Gasteiger partial charge in [-0.1, -0.05) is 0 Å². The summed E-state index contributed by atoms with van der Waals surface area (Å²) in [6.45, 7) is 0.710. The molecule has 1 atom stereocenters. The Morgan fingerprint density at radius 1 is 1.48 bits per heavy atom. The van der Waals surface area contributed by atoms with Crippen LogP contribution in [0.25, 0.3) is 10.9 Å². The van der Waals surface area contributed by atoms with E-state index in [4.69, 9.17) is 5.73 Å². The van der Waals surface area contributed by atoms with Crippen LogP contribution in [0.2, 0.25) is 0 Å². The first-order valence-electron chi connectivity index (χ1n) is 6.89. The van der Waals surface area contributed by atoms with Crippen LogP contribution in [0.1, 0.15) is 12.8 Å². The first-order chi connectivity index (χ1) is 10.0. The number of anilines is 2. The Balaban J connectivity index is 1.91. The number of piperidine rings is 1. The van der Waals surface area contributed by atoms with Gasteiger partial charge in [0, 0.05) is 47.8 Å². The molecule has 2 heterocycles. The van der Waals surface area contributed by atoms with E-state index in [1.54, 1.807) is 11.1 Å². The van der Waals surface area contributed by atoms with Crippen molar-refractivity contribution in [3.05, 3.63) is 28.9 Å². The normalized spacial score (nSPS) is 19.0. The van der Waals surface area contributed by atoms with Crippen molar-refractivity contribution in [2.75, 3.05) is 24.6 Å². The number of fused-ring (bicyclic) bond motifs is 1. The number of nitrogens with one attached hydrogen (secondary N) is 1. The second kappa shape index (κ2) is 5.52. The third-order valence-corrected chi connectivity index (χ3v) is 4.27. The minimum atomic E-state index is 0.206. The van der Waals surface area contributed by atoms with E-state index < -0.39 is 0 Å². The highest BCUT2D eigenvalue weighted by Gasteiger charge is 2.23. The van der Waals surface area contributed by atoms with E-state index in [1.807, 2.05) is 25.2 Å². The lowest BCUT2D eigenvalue weighted by Crippen LogP contribution is -2.43. The fourth-order valence-corrected chi connectivity index (χ4v) is 3.01. The molecule has 5 nitrogen and oxygen atoms in total. The van der Waals surface area contributed by atoms with Gasteiger partial charge in [-0.2, -0.15) is 0 Å². The number of benzene rings is 1. The molecule has 3 rings (SSSR count). The molecule has 1 amide bonds. The van der Waals surface area contributed by atoms with Crippen molar-refractivity contribution in [3.63, 3.8) is 0 Å². The van der Waals surface area contributed by atoms with Gasteiger partial charge in [0.15, 0.2) is 0 Å². The van der Waals surface area contributed by atoms with Crippen LogP contribution in [-0.2, 0) is 4.79 Å². The van der Waals surface area contributed by atoms with Crippen LogP contribution >= 0.6 is 15.9 Å². The molecular weight excluding hydrogens is 332 g/mol. The predicted molar refractivity (Wildman–Crippen MR) is 88.1 cm³/mol. The van der Waals surface area contributed by atoms with Crippen molar-refractivity contribution in [2.24, 2.45) is 0 Å². The van der Waals surface area contributed by atoms with Crippen molar-refractivity contribution in [1.82, 2.24) is 9.88 Å². The molecule has 3 N–H and O–H groups in total. The monoisotopic (exact) mass is 348 g/mol. The van der Waals surface area contributed by atoms with Crippen molar-refractivity contribution in [2.45, 2.75) is 18.9 Å². The van der Waals surface area contributed by atoms with Gasteiger partial charge in [0.1, 0.15) is 0 Å². The highest BCUT2D eigenvalue weighted by molar-refractivity contribution is 9.10. The zero-order valence-corrected chi connectivity index (χ0v) is 13.4. The van der Waals surface area contributed by atoms with Gasteiger partial charge in [-0.3, -0.25) is 9.78 Å². The average Bonchev–Trinajstić information content (AvgIpc) is 2.46. The van der Waals surface area contributed by atoms with Gasteiger partial charge in [-0.25, -0.2) is 0 Å². The van der Waals surface area contributed by atoms with Crippen molar-refractivity contribution < 1.29 is 4.79 Å². The number of hydrogen-bond donors (Lipinski definition) is 2. The minimum Gasteiger partial charge on any atom is -0.398 e. The molecule has 110 valence electrons. The second-order valence-corrected chi connectivity index (χ2v) is 6.32. The summed E-state index contributed by atoms with van der Waals surface area (Å²) in [6, 6.07) is 6.05. The van der Waals surface area contributed by atoms with Crippen LogP contribution in [-0.4, -0.2) is 35.4 Å². The Labute approximate surface area is 131 Å². The van der Waals surface area contributed by atoms with Crippen LogP contribution < -0.4 is 11.1 Å². The SMILES string of the molecule is CN1CC(Nc2ccc(N)c3cc(Br)cnc23)CCC1=O. The second-order valence-electron chi connectivity index (χ2n) is 5.41. The van der Waals surface area contributed by atoms with Crippen LogP contribution in [0.15, 0.2) is 28.9 Å². The fraction of sp³-hybridized carbons (Fsp3) is 0.333. The summed E-state index contributed by atoms with van der Waals surface area (Å²) in [4.78, 5) is 17.8. The van der Waals surface area contributed by atoms with E-state index in [0.717, 1.165) is 27.5 Å². The topological polar surface area (TPSA) is 71.2 Å². The zero-order chi connectivity index (χ0) is 15.0. The number of hydrogen-bond acceptors (Lipinski definition) is 4. The standard InChI is InChI=1S/C15H17BrN4O/c1-20-8-10(2-5-14(20)21)19-13-4-3-12(17)11-6-9(16)7-18-15(11)13/h3-4,6-7,10,19H,2,5,8,17H2,1H3. The van der Waals surface area contributed by atoms with Gasteiger partial charge >= 0.3 is 0 Å². The third kappa shape index (κ3) is 2.81. The number of nitrogen functional groups attached to an aromatic ring is 1. The lowest BCUT2D eigenvalue weighted by atomic mass is 10.0. The van der Waals surface area contributed by atoms with E-state index in [1.165, 1.54) is 0 Å². The number of nitrogens with zero attached hydrogens (tertiary/aromatic N) is 2. The van der Waals surface area contributed by atoms with E-state index in [-0.39, 0.29) is 11.9 Å². The number of halogens is 1. The Hall–Kier alpha value is -1.82. The summed E-state index contributed by atoms with van der Waals surface area (Å²) in [6.07, 6.45) is 3.19. The van der Waals surface area contributed by atoms with Crippen molar-refractivity contribution in [3.8, 4) is 0 Å². The summed E-state index contributed by atoms with van der Waals surface area (Å²) in [7, 11) is 1.84. The summed E-state index contributed by atoms with van der Waals surface area (Å²) < 4.78 is 0.904. The Morgan fingerprint density at radius 2 is 2.29 bits per heavy atom. The van der Waals surface area contributed by atoms with Crippen LogP contribution in [0, 0.1) is 0 Å². The number of aromatic nitrogens is 1. The number of carbonyl (C=O) groups is 1. The van der Waals surface area contributed by atoms with Gasteiger partial charge < -0.3 is 16.0 Å².